The fourth-order valence-electron chi connectivity index (χ4n) is 2.93. The maximum absolute atomic E-state index is 12.4. The van der Waals surface area contributed by atoms with E-state index in [2.05, 4.69) is 16.0 Å². The molecule has 3 amide bonds. The number of hydrogen-bond acceptors (Lipinski definition) is 5. The highest BCUT2D eigenvalue weighted by molar-refractivity contribution is 6.10. The van der Waals surface area contributed by atoms with Crippen LogP contribution in [0.4, 0.5) is 11.4 Å². The zero-order valence-electron chi connectivity index (χ0n) is 15.6. The number of hydrogen-bond donors (Lipinski definition) is 3. The second-order valence-electron chi connectivity index (χ2n) is 6.22. The molecule has 0 spiro atoms. The summed E-state index contributed by atoms with van der Waals surface area (Å²) in [5.74, 6) is 0.0684. The molecule has 146 valence electrons. The molecule has 1 aliphatic heterocycles. The number of benzene rings is 2. The third-order valence-corrected chi connectivity index (χ3v) is 4.38. The van der Waals surface area contributed by atoms with E-state index in [1.165, 1.54) is 14.2 Å². The standard InChI is InChI=1S/C20H21N3O5/c1-27-16-9-7-12(11-17(16)28-2)21-18(24)10-8-15-20(26)22-14-6-4-3-5-13(14)19(25)23-15/h3-7,9,11,15H,8,10H2,1-2H3,(H,21,24)(H,22,26)(H,23,25)/t15-/m0/s1. The lowest BCUT2D eigenvalue weighted by atomic mass is 10.1. The Morgan fingerprint density at radius 2 is 1.82 bits per heavy atom. The van der Waals surface area contributed by atoms with Crippen LogP contribution in [0.3, 0.4) is 0 Å². The Labute approximate surface area is 162 Å². The summed E-state index contributed by atoms with van der Waals surface area (Å²) >= 11 is 0. The van der Waals surface area contributed by atoms with Crippen LogP contribution in [-0.4, -0.2) is 38.0 Å². The maximum Gasteiger partial charge on any atom is 0.254 e. The Hall–Kier alpha value is -3.55. The summed E-state index contributed by atoms with van der Waals surface area (Å²) in [6.45, 7) is 0. The molecule has 0 unspecified atom stereocenters. The highest BCUT2D eigenvalue weighted by atomic mass is 16.5. The van der Waals surface area contributed by atoms with Crippen LogP contribution in [0.15, 0.2) is 42.5 Å². The Morgan fingerprint density at radius 3 is 2.57 bits per heavy atom. The SMILES string of the molecule is COc1ccc(NC(=O)CC[C@@H]2NC(=O)c3ccccc3NC2=O)cc1OC. The van der Waals surface area contributed by atoms with Crippen molar-refractivity contribution in [2.24, 2.45) is 0 Å². The smallest absolute Gasteiger partial charge is 0.254 e. The Morgan fingerprint density at radius 1 is 1.07 bits per heavy atom. The molecule has 2 aromatic rings. The third-order valence-electron chi connectivity index (χ3n) is 4.38. The molecule has 1 heterocycles. The monoisotopic (exact) mass is 383 g/mol. The van der Waals surface area contributed by atoms with Crippen LogP contribution < -0.4 is 25.4 Å². The molecule has 0 fully saturated rings. The van der Waals surface area contributed by atoms with Crippen LogP contribution in [0, 0.1) is 0 Å². The average molecular weight is 383 g/mol. The number of carbonyl (C=O) groups is 3. The molecule has 28 heavy (non-hydrogen) atoms. The van der Waals surface area contributed by atoms with E-state index in [9.17, 15) is 14.4 Å². The van der Waals surface area contributed by atoms with Crippen molar-refractivity contribution in [2.75, 3.05) is 24.9 Å². The molecule has 3 N–H and O–H groups in total. The van der Waals surface area contributed by atoms with Gasteiger partial charge in [-0.3, -0.25) is 14.4 Å². The second-order valence-corrected chi connectivity index (χ2v) is 6.22. The Balaban J connectivity index is 1.60. The number of para-hydroxylation sites is 1. The van der Waals surface area contributed by atoms with E-state index >= 15 is 0 Å². The Kier molecular flexibility index (Phi) is 5.78. The van der Waals surface area contributed by atoms with E-state index in [1.807, 2.05) is 0 Å². The van der Waals surface area contributed by atoms with E-state index in [-0.39, 0.29) is 30.6 Å². The summed E-state index contributed by atoms with van der Waals surface area (Å²) in [5, 5.41) is 8.14. The molecule has 8 heteroatoms. The summed E-state index contributed by atoms with van der Waals surface area (Å²) in [6, 6.07) is 11.0. The van der Waals surface area contributed by atoms with Crippen LogP contribution >= 0.6 is 0 Å². The lowest BCUT2D eigenvalue weighted by molar-refractivity contribution is -0.118. The van der Waals surface area contributed by atoms with Gasteiger partial charge in [0.1, 0.15) is 6.04 Å². The van der Waals surface area contributed by atoms with Gasteiger partial charge in [-0.25, -0.2) is 0 Å². The largest absolute Gasteiger partial charge is 0.493 e. The van der Waals surface area contributed by atoms with Gasteiger partial charge in [-0.15, -0.1) is 0 Å². The first-order chi connectivity index (χ1) is 13.5. The molecule has 0 saturated carbocycles. The third kappa shape index (κ3) is 4.22. The quantitative estimate of drug-likeness (QED) is 0.709. The zero-order valence-corrected chi connectivity index (χ0v) is 15.6. The number of methoxy groups -OCH3 is 2. The normalized spacial score (nSPS) is 15.6. The molecule has 0 bridgehead atoms. The lowest BCUT2D eigenvalue weighted by Crippen LogP contribution is -2.41. The number of anilines is 2. The number of nitrogens with one attached hydrogen (secondary N) is 3. The number of amides is 3. The zero-order chi connectivity index (χ0) is 20.1. The first-order valence-electron chi connectivity index (χ1n) is 8.74. The predicted molar refractivity (Wildman–Crippen MR) is 104 cm³/mol. The number of ether oxygens (including phenoxy) is 2. The van der Waals surface area contributed by atoms with E-state index < -0.39 is 6.04 Å². The lowest BCUT2D eigenvalue weighted by Gasteiger charge is -2.15. The second kappa shape index (κ2) is 8.43. The van der Waals surface area contributed by atoms with Crippen molar-refractivity contribution < 1.29 is 23.9 Å². The molecule has 3 rings (SSSR count). The Bertz CT molecular complexity index is 912. The average Bonchev–Trinajstić information content (AvgIpc) is 2.82. The van der Waals surface area contributed by atoms with Crippen LogP contribution in [-0.2, 0) is 9.59 Å². The fourth-order valence-corrected chi connectivity index (χ4v) is 2.93. The van der Waals surface area contributed by atoms with Gasteiger partial charge in [-0.1, -0.05) is 12.1 Å². The number of rotatable bonds is 6. The fraction of sp³-hybridized carbons (Fsp3) is 0.250. The number of carbonyl (C=O) groups excluding carboxylic acids is 3. The van der Waals surface area contributed by atoms with Crippen LogP contribution in [0.2, 0.25) is 0 Å². The van der Waals surface area contributed by atoms with E-state index in [0.717, 1.165) is 0 Å². The van der Waals surface area contributed by atoms with Gasteiger partial charge in [0.05, 0.1) is 25.5 Å². The van der Waals surface area contributed by atoms with Gasteiger partial charge in [0.15, 0.2) is 11.5 Å². The maximum atomic E-state index is 12.4. The van der Waals surface area contributed by atoms with Gasteiger partial charge in [0.25, 0.3) is 5.91 Å². The van der Waals surface area contributed by atoms with Gasteiger partial charge in [0.2, 0.25) is 11.8 Å². The summed E-state index contributed by atoms with van der Waals surface area (Å²) in [5.41, 5.74) is 1.40. The van der Waals surface area contributed by atoms with Gasteiger partial charge >= 0.3 is 0 Å². The van der Waals surface area contributed by atoms with Gasteiger partial charge in [-0.2, -0.15) is 0 Å². The van der Waals surface area contributed by atoms with Crippen molar-refractivity contribution >= 4 is 29.1 Å². The van der Waals surface area contributed by atoms with E-state index in [1.54, 1.807) is 42.5 Å². The van der Waals surface area contributed by atoms with Gasteiger partial charge in [-0.05, 0) is 30.7 Å². The predicted octanol–water partition coefficient (Wildman–Crippen LogP) is 2.17. The van der Waals surface area contributed by atoms with Crippen molar-refractivity contribution in [3.05, 3.63) is 48.0 Å². The minimum absolute atomic E-state index is 0.0586. The van der Waals surface area contributed by atoms with Crippen molar-refractivity contribution in [1.29, 1.82) is 0 Å². The topological polar surface area (TPSA) is 106 Å². The molecule has 0 saturated heterocycles. The first kappa shape index (κ1) is 19.2. The molecule has 1 atom stereocenters. The van der Waals surface area contributed by atoms with E-state index in [0.29, 0.717) is 28.4 Å². The molecule has 8 nitrogen and oxygen atoms in total. The molecule has 2 aromatic carbocycles. The van der Waals surface area contributed by atoms with Crippen LogP contribution in [0.25, 0.3) is 0 Å². The highest BCUT2D eigenvalue weighted by Gasteiger charge is 2.27. The molecule has 0 aromatic heterocycles. The molecule has 0 radical (unpaired) electrons. The summed E-state index contributed by atoms with van der Waals surface area (Å²) in [6.07, 6.45) is 0.230. The summed E-state index contributed by atoms with van der Waals surface area (Å²) < 4.78 is 10.4. The summed E-state index contributed by atoms with van der Waals surface area (Å²) in [4.78, 5) is 36.9. The molecule has 0 aliphatic carbocycles. The van der Waals surface area contributed by atoms with Crippen LogP contribution in [0.5, 0.6) is 11.5 Å². The van der Waals surface area contributed by atoms with Crippen LogP contribution in [0.1, 0.15) is 23.2 Å². The molecular weight excluding hydrogens is 362 g/mol. The minimum Gasteiger partial charge on any atom is -0.493 e. The van der Waals surface area contributed by atoms with E-state index in [4.69, 9.17) is 9.47 Å². The van der Waals surface area contributed by atoms with Crippen molar-refractivity contribution in [3.63, 3.8) is 0 Å². The summed E-state index contributed by atoms with van der Waals surface area (Å²) in [7, 11) is 3.04. The highest BCUT2D eigenvalue weighted by Crippen LogP contribution is 2.29. The van der Waals surface area contributed by atoms with Gasteiger partial charge < -0.3 is 25.4 Å². The van der Waals surface area contributed by atoms with Crippen molar-refractivity contribution in [3.8, 4) is 11.5 Å². The van der Waals surface area contributed by atoms with Gasteiger partial charge in [0, 0.05) is 18.2 Å². The minimum atomic E-state index is -0.795. The first-order valence-corrected chi connectivity index (χ1v) is 8.74. The molecule has 1 aliphatic rings. The number of fused-ring (bicyclic) bond motifs is 1. The molecular formula is C20H21N3O5. The van der Waals surface area contributed by atoms with Crippen molar-refractivity contribution in [2.45, 2.75) is 18.9 Å². The van der Waals surface area contributed by atoms with Crippen molar-refractivity contribution in [1.82, 2.24) is 5.32 Å².